The van der Waals surface area contributed by atoms with Gasteiger partial charge in [-0.3, -0.25) is 9.59 Å². The van der Waals surface area contributed by atoms with E-state index in [1.165, 1.54) is 26.2 Å². The van der Waals surface area contributed by atoms with Crippen molar-refractivity contribution in [1.82, 2.24) is 5.32 Å². The molecule has 6 heteroatoms. The lowest BCUT2D eigenvalue weighted by molar-refractivity contribution is -0.158. The van der Waals surface area contributed by atoms with Gasteiger partial charge < -0.3 is 14.8 Å². The summed E-state index contributed by atoms with van der Waals surface area (Å²) < 4.78 is 12.2. The molecule has 1 heterocycles. The molecule has 2 fully saturated rings. The summed E-state index contributed by atoms with van der Waals surface area (Å²) >= 11 is 3.23. The molecule has 0 aromatic rings. The Hall–Kier alpha value is -0.620. The van der Waals surface area contributed by atoms with E-state index in [-0.39, 0.29) is 41.6 Å². The number of amides is 1. The summed E-state index contributed by atoms with van der Waals surface area (Å²) in [6.45, 7) is 8.02. The number of alkyl halides is 1. The minimum Gasteiger partial charge on any atom is -0.462 e. The van der Waals surface area contributed by atoms with E-state index in [2.05, 4.69) is 42.0 Å². The third-order valence-corrected chi connectivity index (χ3v) is 6.35. The molecule has 2 rings (SSSR count). The van der Waals surface area contributed by atoms with Gasteiger partial charge >= 0.3 is 5.97 Å². The van der Waals surface area contributed by atoms with Crippen LogP contribution in [0.2, 0.25) is 0 Å². The first-order valence-electron chi connectivity index (χ1n) is 10.4. The van der Waals surface area contributed by atoms with Gasteiger partial charge in [-0.25, -0.2) is 0 Å². The minimum absolute atomic E-state index is 0.00216. The number of rotatable bonds is 6. The van der Waals surface area contributed by atoms with E-state index in [0.717, 1.165) is 32.1 Å². The van der Waals surface area contributed by atoms with E-state index in [9.17, 15) is 9.59 Å². The molecule has 0 unspecified atom stereocenters. The van der Waals surface area contributed by atoms with E-state index in [0.29, 0.717) is 11.2 Å². The van der Waals surface area contributed by atoms with Gasteiger partial charge in [-0.15, -0.1) is 0 Å². The smallest absolute Gasteiger partial charge is 0.302 e. The zero-order valence-corrected chi connectivity index (χ0v) is 18.8. The lowest BCUT2D eigenvalue weighted by Crippen LogP contribution is -2.50. The van der Waals surface area contributed by atoms with Gasteiger partial charge in [0.25, 0.3) is 0 Å². The van der Waals surface area contributed by atoms with E-state index < -0.39 is 0 Å². The van der Waals surface area contributed by atoms with Gasteiger partial charge in [0.15, 0.2) is 0 Å². The first kappa shape index (κ1) is 22.7. The molecule has 156 valence electrons. The van der Waals surface area contributed by atoms with Crippen LogP contribution in [0.1, 0.15) is 79.1 Å². The molecule has 4 atom stereocenters. The summed E-state index contributed by atoms with van der Waals surface area (Å²) in [6.07, 6.45) is 8.23. The molecule has 1 saturated carbocycles. The number of nitrogens with one attached hydrogen (secondary N) is 1. The molecule has 0 aromatic carbocycles. The van der Waals surface area contributed by atoms with Crippen molar-refractivity contribution < 1.29 is 19.1 Å². The Bertz CT molecular complexity index is 499. The second-order valence-corrected chi connectivity index (χ2v) is 9.82. The van der Waals surface area contributed by atoms with Gasteiger partial charge in [-0.1, -0.05) is 56.0 Å². The number of carbonyl (C=O) groups excluding carboxylic acids is 2. The summed E-state index contributed by atoms with van der Waals surface area (Å²) in [6, 6.07) is 0.0994. The van der Waals surface area contributed by atoms with Crippen molar-refractivity contribution in [2.24, 2.45) is 11.3 Å². The molecule has 1 N–H and O–H groups in total. The van der Waals surface area contributed by atoms with Crippen LogP contribution in [-0.2, 0) is 19.1 Å². The van der Waals surface area contributed by atoms with Crippen LogP contribution in [0.25, 0.3) is 0 Å². The molecule has 0 aromatic heterocycles. The Morgan fingerprint density at radius 1 is 1.19 bits per heavy atom. The van der Waals surface area contributed by atoms with Gasteiger partial charge in [0.1, 0.15) is 6.10 Å². The van der Waals surface area contributed by atoms with Gasteiger partial charge in [0, 0.05) is 19.4 Å². The normalized spacial score (nSPS) is 28.4. The fourth-order valence-electron chi connectivity index (χ4n) is 4.42. The molecule has 0 radical (unpaired) electrons. The standard InChI is InChI=1S/C21H36BrNO4/c1-14(24)26-18(15-8-6-5-7-9-15)12-17-10-16(23-20(25)13-22)11-19(27-17)21(2,3)4/h15-19H,5-13H2,1-4H3,(H,23,25)/t16-,17-,18+,19+/m0/s1. The van der Waals surface area contributed by atoms with Crippen LogP contribution in [0.15, 0.2) is 0 Å². The quantitative estimate of drug-likeness (QED) is 0.486. The Balaban J connectivity index is 2.08. The SMILES string of the molecule is CC(=O)O[C@H](C[C@@H]1C[C@H](NC(=O)CBr)C[C@H](C(C)(C)C)O1)C1CCCCC1. The number of carbonyl (C=O) groups is 2. The number of hydrogen-bond donors (Lipinski definition) is 1. The van der Waals surface area contributed by atoms with Crippen LogP contribution in [-0.4, -0.2) is 41.6 Å². The summed E-state index contributed by atoms with van der Waals surface area (Å²) in [5, 5.41) is 3.43. The molecule has 1 aliphatic heterocycles. The molecule has 1 saturated heterocycles. The number of esters is 1. The predicted molar refractivity (Wildman–Crippen MR) is 110 cm³/mol. The van der Waals surface area contributed by atoms with Crippen LogP contribution in [0.5, 0.6) is 0 Å². The molecule has 27 heavy (non-hydrogen) atoms. The van der Waals surface area contributed by atoms with Gasteiger partial charge in [0.2, 0.25) is 5.91 Å². The van der Waals surface area contributed by atoms with E-state index >= 15 is 0 Å². The first-order valence-corrected chi connectivity index (χ1v) is 11.5. The van der Waals surface area contributed by atoms with Crippen LogP contribution >= 0.6 is 15.9 Å². The Morgan fingerprint density at radius 2 is 1.85 bits per heavy atom. The summed E-state index contributed by atoms with van der Waals surface area (Å²) in [7, 11) is 0. The lowest BCUT2D eigenvalue weighted by Gasteiger charge is -2.43. The van der Waals surface area contributed by atoms with Crippen molar-refractivity contribution >= 4 is 27.8 Å². The molecular weight excluding hydrogens is 410 g/mol. The largest absolute Gasteiger partial charge is 0.462 e. The minimum atomic E-state index is -0.210. The highest BCUT2D eigenvalue weighted by molar-refractivity contribution is 9.09. The topological polar surface area (TPSA) is 64.6 Å². The molecular formula is C21H36BrNO4. The molecule has 5 nitrogen and oxygen atoms in total. The average Bonchev–Trinajstić information content (AvgIpc) is 2.60. The zero-order valence-electron chi connectivity index (χ0n) is 17.3. The maximum atomic E-state index is 11.9. The predicted octanol–water partition coefficient (Wildman–Crippen LogP) is 4.36. The summed E-state index contributed by atoms with van der Waals surface area (Å²) in [5.74, 6) is 0.229. The first-order chi connectivity index (χ1) is 12.7. The maximum Gasteiger partial charge on any atom is 0.302 e. The fraction of sp³-hybridized carbons (Fsp3) is 0.905. The van der Waals surface area contributed by atoms with Crippen LogP contribution in [0.4, 0.5) is 0 Å². The molecule has 0 spiro atoms. The highest BCUT2D eigenvalue weighted by Gasteiger charge is 2.39. The maximum absolute atomic E-state index is 11.9. The zero-order chi connectivity index (χ0) is 20.0. The second-order valence-electron chi connectivity index (χ2n) is 9.26. The van der Waals surface area contributed by atoms with Crippen molar-refractivity contribution in [2.75, 3.05) is 5.33 Å². The highest BCUT2D eigenvalue weighted by Crippen LogP contribution is 2.36. The Morgan fingerprint density at radius 3 is 2.41 bits per heavy atom. The number of ether oxygens (including phenoxy) is 2. The van der Waals surface area contributed by atoms with E-state index in [4.69, 9.17) is 9.47 Å². The summed E-state index contributed by atoms with van der Waals surface area (Å²) in [5.41, 5.74) is -0.00216. The monoisotopic (exact) mass is 445 g/mol. The van der Waals surface area contributed by atoms with Crippen molar-refractivity contribution in [1.29, 1.82) is 0 Å². The molecule has 1 aliphatic carbocycles. The third-order valence-electron chi connectivity index (χ3n) is 5.84. The number of halogens is 1. The average molecular weight is 446 g/mol. The van der Waals surface area contributed by atoms with E-state index in [1.54, 1.807) is 0 Å². The van der Waals surface area contributed by atoms with Crippen molar-refractivity contribution in [3.8, 4) is 0 Å². The van der Waals surface area contributed by atoms with Crippen molar-refractivity contribution in [2.45, 2.75) is 103 Å². The fourth-order valence-corrected chi connectivity index (χ4v) is 4.59. The van der Waals surface area contributed by atoms with Crippen LogP contribution < -0.4 is 5.32 Å². The van der Waals surface area contributed by atoms with Crippen LogP contribution in [0.3, 0.4) is 0 Å². The highest BCUT2D eigenvalue weighted by atomic mass is 79.9. The van der Waals surface area contributed by atoms with Crippen LogP contribution in [0, 0.1) is 11.3 Å². The van der Waals surface area contributed by atoms with Gasteiger partial charge in [-0.05, 0) is 37.0 Å². The number of hydrogen-bond acceptors (Lipinski definition) is 4. The molecule has 1 amide bonds. The van der Waals surface area contributed by atoms with Gasteiger partial charge in [-0.2, -0.15) is 0 Å². The molecule has 0 bridgehead atoms. The van der Waals surface area contributed by atoms with Gasteiger partial charge in [0.05, 0.1) is 17.5 Å². The molecule has 2 aliphatic rings. The summed E-state index contributed by atoms with van der Waals surface area (Å²) in [4.78, 5) is 23.6. The van der Waals surface area contributed by atoms with E-state index in [1.807, 2.05) is 0 Å². The second kappa shape index (κ2) is 10.2. The van der Waals surface area contributed by atoms with Crippen molar-refractivity contribution in [3.63, 3.8) is 0 Å². The Labute approximate surface area is 172 Å². The third kappa shape index (κ3) is 7.37. The van der Waals surface area contributed by atoms with Crippen molar-refractivity contribution in [3.05, 3.63) is 0 Å². The Kier molecular flexibility index (Phi) is 8.60. The lowest BCUT2D eigenvalue weighted by atomic mass is 9.79.